The first-order valence-corrected chi connectivity index (χ1v) is 15.7. The zero-order chi connectivity index (χ0) is 30.2. The molecule has 10 aromatic rings. The molecule has 0 radical (unpaired) electrons. The lowest BCUT2D eigenvalue weighted by atomic mass is 9.83. The van der Waals surface area contributed by atoms with E-state index in [0.717, 1.165) is 49.4 Å². The Labute approximate surface area is 264 Å². The predicted molar refractivity (Wildman–Crippen MR) is 192 cm³/mol. The summed E-state index contributed by atoms with van der Waals surface area (Å²) in [6.45, 7) is 0. The number of fused-ring (bicyclic) bond motifs is 8. The van der Waals surface area contributed by atoms with E-state index < -0.39 is 0 Å². The molecule has 2 nitrogen and oxygen atoms in total. The fraction of sp³-hybridized carbons (Fsp3) is 0. The molecule has 0 aliphatic heterocycles. The van der Waals surface area contributed by atoms with E-state index in [1.165, 1.54) is 49.4 Å². The molecular weight excluding hydrogens is 560 g/mol. The topological polar surface area (TPSA) is 26.3 Å². The van der Waals surface area contributed by atoms with Crippen molar-refractivity contribution in [2.75, 3.05) is 0 Å². The van der Waals surface area contributed by atoms with Gasteiger partial charge in [-0.1, -0.05) is 140 Å². The van der Waals surface area contributed by atoms with Gasteiger partial charge in [0.15, 0.2) is 0 Å². The monoisotopic (exact) mass is 586 g/mol. The Kier molecular flexibility index (Phi) is 5.31. The van der Waals surface area contributed by atoms with Crippen LogP contribution in [-0.4, -0.2) is 0 Å². The molecule has 0 unspecified atom stereocenters. The second-order valence-corrected chi connectivity index (χ2v) is 12.0. The van der Waals surface area contributed by atoms with Crippen molar-refractivity contribution in [1.29, 1.82) is 0 Å². The van der Waals surface area contributed by atoms with Gasteiger partial charge in [-0.3, -0.25) is 0 Å². The first-order chi connectivity index (χ1) is 22.8. The fourth-order valence-corrected chi connectivity index (χ4v) is 7.49. The first-order valence-electron chi connectivity index (χ1n) is 15.7. The highest BCUT2D eigenvalue weighted by molar-refractivity contribution is 6.25. The third-order valence-corrected chi connectivity index (χ3v) is 9.48. The first kappa shape index (κ1) is 25.2. The molecular formula is C44H26O2. The molecule has 2 heteroatoms. The van der Waals surface area contributed by atoms with Gasteiger partial charge in [-0.2, -0.15) is 0 Å². The number of rotatable bonds is 3. The summed E-state index contributed by atoms with van der Waals surface area (Å²) in [5.41, 5.74) is 10.6. The molecule has 8 aromatic carbocycles. The Balaban J connectivity index is 1.30. The Hall–Kier alpha value is -6.12. The Morgan fingerprint density at radius 3 is 1.50 bits per heavy atom. The fourth-order valence-electron chi connectivity index (χ4n) is 7.49. The van der Waals surface area contributed by atoms with Gasteiger partial charge in [0.2, 0.25) is 0 Å². The van der Waals surface area contributed by atoms with Gasteiger partial charge in [0.1, 0.15) is 22.3 Å². The van der Waals surface area contributed by atoms with E-state index in [1.54, 1.807) is 0 Å². The van der Waals surface area contributed by atoms with Crippen LogP contribution >= 0.6 is 0 Å². The van der Waals surface area contributed by atoms with Gasteiger partial charge in [-0.05, 0) is 55.9 Å². The third-order valence-electron chi connectivity index (χ3n) is 9.48. The van der Waals surface area contributed by atoms with Crippen molar-refractivity contribution in [3.8, 4) is 33.4 Å². The summed E-state index contributed by atoms with van der Waals surface area (Å²) in [5.74, 6) is 0. The molecule has 0 spiro atoms. The van der Waals surface area contributed by atoms with Crippen molar-refractivity contribution in [3.63, 3.8) is 0 Å². The molecule has 0 aliphatic carbocycles. The minimum Gasteiger partial charge on any atom is -0.456 e. The number of hydrogen-bond acceptors (Lipinski definition) is 2. The van der Waals surface area contributed by atoms with Crippen molar-refractivity contribution in [2.45, 2.75) is 0 Å². The lowest BCUT2D eigenvalue weighted by molar-refractivity contribution is 0.656. The maximum atomic E-state index is 6.77. The smallest absolute Gasteiger partial charge is 0.143 e. The zero-order valence-corrected chi connectivity index (χ0v) is 24.8. The normalized spacial score (nSPS) is 11.9. The molecule has 10 rings (SSSR count). The van der Waals surface area contributed by atoms with E-state index in [-0.39, 0.29) is 0 Å². The molecule has 46 heavy (non-hydrogen) atoms. The molecule has 0 aliphatic rings. The van der Waals surface area contributed by atoms with Gasteiger partial charge in [-0.25, -0.2) is 0 Å². The maximum Gasteiger partial charge on any atom is 0.143 e. The highest BCUT2D eigenvalue weighted by Gasteiger charge is 2.22. The van der Waals surface area contributed by atoms with Crippen LogP contribution in [0, 0.1) is 0 Å². The van der Waals surface area contributed by atoms with Gasteiger partial charge in [0, 0.05) is 38.7 Å². The predicted octanol–water partition coefficient (Wildman–Crippen LogP) is 12.8. The zero-order valence-electron chi connectivity index (χ0n) is 24.8. The van der Waals surface area contributed by atoms with E-state index in [0.29, 0.717) is 0 Å². The van der Waals surface area contributed by atoms with Gasteiger partial charge in [0.25, 0.3) is 0 Å². The van der Waals surface area contributed by atoms with Gasteiger partial charge in [-0.15, -0.1) is 0 Å². The van der Waals surface area contributed by atoms with Crippen LogP contribution in [0.15, 0.2) is 167 Å². The molecule has 0 atom stereocenters. The minimum absolute atomic E-state index is 0.830. The van der Waals surface area contributed by atoms with Crippen molar-refractivity contribution in [3.05, 3.63) is 158 Å². The highest BCUT2D eigenvalue weighted by atomic mass is 16.3. The summed E-state index contributed by atoms with van der Waals surface area (Å²) >= 11 is 0. The van der Waals surface area contributed by atoms with Crippen molar-refractivity contribution in [1.82, 2.24) is 0 Å². The van der Waals surface area contributed by atoms with Crippen LogP contribution in [0.2, 0.25) is 0 Å². The average Bonchev–Trinajstić information content (AvgIpc) is 3.67. The molecule has 2 aromatic heterocycles. The summed E-state index contributed by atoms with van der Waals surface area (Å²) in [4.78, 5) is 0. The van der Waals surface area contributed by atoms with E-state index in [9.17, 15) is 0 Å². The van der Waals surface area contributed by atoms with E-state index in [1.807, 2.05) is 18.2 Å². The van der Waals surface area contributed by atoms with Crippen LogP contribution in [0.25, 0.3) is 98.8 Å². The van der Waals surface area contributed by atoms with Crippen molar-refractivity contribution < 1.29 is 8.83 Å². The molecule has 0 N–H and O–H groups in total. The number of para-hydroxylation sites is 2. The summed E-state index contributed by atoms with van der Waals surface area (Å²) in [6.07, 6.45) is 0. The van der Waals surface area contributed by atoms with Gasteiger partial charge >= 0.3 is 0 Å². The second kappa shape index (κ2) is 9.69. The largest absolute Gasteiger partial charge is 0.456 e. The second-order valence-electron chi connectivity index (χ2n) is 12.0. The molecule has 2 heterocycles. The van der Waals surface area contributed by atoms with Crippen LogP contribution in [0.4, 0.5) is 0 Å². The summed E-state index contributed by atoms with van der Waals surface area (Å²) in [6, 6.07) is 56.1. The van der Waals surface area contributed by atoms with Gasteiger partial charge in [0.05, 0.1) is 0 Å². The van der Waals surface area contributed by atoms with Crippen LogP contribution in [-0.2, 0) is 0 Å². The standard InChI is InChI=1S/C44H26O2/c1-2-13-27(14-3-1)28-15-4-5-17-30(28)42-31-18-6-8-20-33(31)43(34-21-9-7-19-32(34)42)36-23-12-22-35-38-25-37-29-16-10-11-24-39(29)45-40(37)26-41(38)46-44(35)36/h1-26H. The number of hydrogen-bond donors (Lipinski definition) is 0. The summed E-state index contributed by atoms with van der Waals surface area (Å²) in [5, 5.41) is 9.26. The lowest BCUT2D eigenvalue weighted by Gasteiger charge is -2.19. The van der Waals surface area contributed by atoms with Crippen LogP contribution in [0.1, 0.15) is 0 Å². The van der Waals surface area contributed by atoms with E-state index in [2.05, 4.69) is 140 Å². The van der Waals surface area contributed by atoms with E-state index in [4.69, 9.17) is 8.83 Å². The molecule has 214 valence electrons. The summed E-state index contributed by atoms with van der Waals surface area (Å²) in [7, 11) is 0. The minimum atomic E-state index is 0.830. The molecule has 0 amide bonds. The van der Waals surface area contributed by atoms with Crippen molar-refractivity contribution in [2.24, 2.45) is 0 Å². The van der Waals surface area contributed by atoms with Crippen LogP contribution < -0.4 is 0 Å². The Morgan fingerprint density at radius 1 is 0.283 bits per heavy atom. The Bertz CT molecular complexity index is 2740. The maximum absolute atomic E-state index is 6.77. The summed E-state index contributed by atoms with van der Waals surface area (Å²) < 4.78 is 13.0. The molecule has 0 bridgehead atoms. The molecule has 0 fully saturated rings. The number of benzene rings is 8. The quantitative estimate of drug-likeness (QED) is 0.193. The molecule has 0 saturated carbocycles. The number of furan rings is 2. The SMILES string of the molecule is c1ccc(-c2ccccc2-c2c3ccccc3c(-c3cccc4c3oc3cc5oc6ccccc6c5cc34)c3ccccc23)cc1. The van der Waals surface area contributed by atoms with E-state index >= 15 is 0 Å². The van der Waals surface area contributed by atoms with Crippen LogP contribution in [0.3, 0.4) is 0 Å². The highest BCUT2D eigenvalue weighted by Crippen LogP contribution is 2.48. The van der Waals surface area contributed by atoms with Crippen molar-refractivity contribution >= 4 is 65.4 Å². The van der Waals surface area contributed by atoms with Crippen LogP contribution in [0.5, 0.6) is 0 Å². The lowest BCUT2D eigenvalue weighted by Crippen LogP contribution is -1.92. The molecule has 0 saturated heterocycles. The van der Waals surface area contributed by atoms with Gasteiger partial charge < -0.3 is 8.83 Å². The third kappa shape index (κ3) is 3.59. The average molecular weight is 587 g/mol. The Morgan fingerprint density at radius 2 is 0.783 bits per heavy atom.